The summed E-state index contributed by atoms with van der Waals surface area (Å²) >= 11 is 0. The zero-order valence-electron chi connectivity index (χ0n) is 38.6. The van der Waals surface area contributed by atoms with Gasteiger partial charge >= 0.3 is 0 Å². The first-order chi connectivity index (χ1) is 27.5. The number of amides is 1. The predicted molar refractivity (Wildman–Crippen MR) is 242 cm³/mol. The summed E-state index contributed by atoms with van der Waals surface area (Å²) in [4.78, 5) is 25.3. The third kappa shape index (κ3) is 43.1. The van der Waals surface area contributed by atoms with Gasteiger partial charge in [0.25, 0.3) is 7.82 Å². The molecule has 3 unspecified atom stereocenters. The number of likely N-dealkylation sites (N-methyl/N-ethyl adjacent to an activating group) is 1. The van der Waals surface area contributed by atoms with Crippen molar-refractivity contribution in [3.8, 4) is 0 Å². The lowest BCUT2D eigenvalue weighted by Crippen LogP contribution is -2.46. The van der Waals surface area contributed by atoms with Crippen LogP contribution in [0.15, 0.2) is 12.2 Å². The predicted octanol–water partition coefficient (Wildman–Crippen LogP) is 13.3. The molecule has 9 heteroatoms. The number of hydrogen-bond donors (Lipinski definition) is 2. The van der Waals surface area contributed by atoms with E-state index in [0.717, 1.165) is 51.4 Å². The second-order valence-corrected chi connectivity index (χ2v) is 19.6. The van der Waals surface area contributed by atoms with Crippen molar-refractivity contribution in [3.63, 3.8) is 0 Å². The number of rotatable bonds is 45. The minimum atomic E-state index is -4.56. The van der Waals surface area contributed by atoms with E-state index in [4.69, 9.17) is 9.05 Å². The van der Waals surface area contributed by atoms with Crippen LogP contribution in [0.5, 0.6) is 0 Å². The van der Waals surface area contributed by atoms with Crippen LogP contribution < -0.4 is 10.2 Å². The molecule has 0 aliphatic carbocycles. The molecule has 2 N–H and O–H groups in total. The quantitative estimate of drug-likeness (QED) is 0.0274. The molecule has 3 atom stereocenters. The van der Waals surface area contributed by atoms with E-state index in [2.05, 4.69) is 31.3 Å². The van der Waals surface area contributed by atoms with Crippen molar-refractivity contribution >= 4 is 13.7 Å². The third-order valence-electron chi connectivity index (χ3n) is 11.3. The molecule has 8 nitrogen and oxygen atoms in total. The number of carbonyl (C=O) groups is 1. The van der Waals surface area contributed by atoms with Gasteiger partial charge in [0.15, 0.2) is 0 Å². The highest BCUT2D eigenvalue weighted by molar-refractivity contribution is 7.45. The molecule has 0 aromatic rings. The van der Waals surface area contributed by atoms with Gasteiger partial charge in [-0.25, -0.2) is 0 Å². The standard InChI is InChI=1S/C48H97N2O6P/c1-6-8-10-12-14-16-18-20-21-22-23-24-25-26-27-28-29-30-31-33-35-37-39-41-47(51)46(45-56-57(53,54)55-44-43-50(3,4)5)49-48(52)42-40-38-36-34-32-19-17-15-13-11-9-7-2/h15,17,46-47,51H,6-14,16,18-45H2,1-5H3,(H-,49,52,53,54)/b17-15-. The maximum Gasteiger partial charge on any atom is 0.268 e. The highest BCUT2D eigenvalue weighted by atomic mass is 31.2. The lowest BCUT2D eigenvalue weighted by molar-refractivity contribution is -0.870. The highest BCUT2D eigenvalue weighted by Gasteiger charge is 2.24. The van der Waals surface area contributed by atoms with E-state index in [1.165, 1.54) is 161 Å². The molecule has 0 radical (unpaired) electrons. The van der Waals surface area contributed by atoms with Gasteiger partial charge in [-0.15, -0.1) is 0 Å². The van der Waals surface area contributed by atoms with Crippen LogP contribution in [0.3, 0.4) is 0 Å². The molecule has 0 aliphatic heterocycles. The number of unbranched alkanes of at least 4 members (excludes halogenated alkanes) is 30. The zero-order valence-corrected chi connectivity index (χ0v) is 39.5. The summed E-state index contributed by atoms with van der Waals surface area (Å²) in [6, 6.07) is -0.800. The third-order valence-corrected chi connectivity index (χ3v) is 12.2. The molecule has 57 heavy (non-hydrogen) atoms. The first-order valence-electron chi connectivity index (χ1n) is 24.5. The lowest BCUT2D eigenvalue weighted by Gasteiger charge is -2.30. The van der Waals surface area contributed by atoms with Crippen LogP contribution in [0.2, 0.25) is 0 Å². The SMILES string of the molecule is CCCCC/C=C\CCCCCCCC(=O)NC(COP(=O)([O-])OCC[N+](C)(C)C)C(O)CCCCCCCCCCCCCCCCCCCCCCCCC. The van der Waals surface area contributed by atoms with Gasteiger partial charge in [-0.2, -0.15) is 0 Å². The molecular weight excluding hydrogens is 732 g/mol. The van der Waals surface area contributed by atoms with E-state index in [0.29, 0.717) is 23.9 Å². The van der Waals surface area contributed by atoms with E-state index in [9.17, 15) is 19.4 Å². The molecule has 0 heterocycles. The Morgan fingerprint density at radius 1 is 0.596 bits per heavy atom. The first kappa shape index (κ1) is 56.2. The summed E-state index contributed by atoms with van der Waals surface area (Å²) in [6.45, 7) is 4.71. The van der Waals surface area contributed by atoms with Crippen LogP contribution in [0.25, 0.3) is 0 Å². The van der Waals surface area contributed by atoms with Crippen molar-refractivity contribution in [1.29, 1.82) is 0 Å². The van der Waals surface area contributed by atoms with Gasteiger partial charge in [-0.05, 0) is 38.5 Å². The van der Waals surface area contributed by atoms with Gasteiger partial charge in [0.2, 0.25) is 5.91 Å². The zero-order chi connectivity index (χ0) is 42.1. The number of hydrogen-bond acceptors (Lipinski definition) is 6. The van der Waals surface area contributed by atoms with Crippen molar-refractivity contribution in [3.05, 3.63) is 12.2 Å². The van der Waals surface area contributed by atoms with Crippen LogP contribution in [0, 0.1) is 0 Å². The van der Waals surface area contributed by atoms with Crippen LogP contribution in [-0.2, 0) is 18.4 Å². The van der Waals surface area contributed by atoms with Crippen molar-refractivity contribution < 1.29 is 32.9 Å². The topological polar surface area (TPSA) is 108 Å². The normalized spacial score (nSPS) is 14.3. The largest absolute Gasteiger partial charge is 0.756 e. The fourth-order valence-corrected chi connectivity index (χ4v) is 8.05. The molecule has 1 amide bonds. The first-order valence-corrected chi connectivity index (χ1v) is 26.0. The Hall–Kier alpha value is -0.760. The number of nitrogens with one attached hydrogen (secondary N) is 1. The number of phosphoric acid groups is 1. The van der Waals surface area contributed by atoms with Crippen LogP contribution >= 0.6 is 7.82 Å². The molecule has 0 aliphatic rings. The Bertz CT molecular complexity index is 942. The number of quaternary nitrogens is 1. The number of aliphatic hydroxyl groups excluding tert-OH is 1. The molecule has 0 fully saturated rings. The molecule has 0 aromatic heterocycles. The fourth-order valence-electron chi connectivity index (χ4n) is 7.33. The summed E-state index contributed by atoms with van der Waals surface area (Å²) in [7, 11) is 1.31. The lowest BCUT2D eigenvalue weighted by atomic mass is 10.0. The molecule has 0 rings (SSSR count). The van der Waals surface area contributed by atoms with Crippen LogP contribution in [0.4, 0.5) is 0 Å². The Kier molecular flexibility index (Phi) is 40.1. The number of allylic oxidation sites excluding steroid dienone is 2. The second kappa shape index (κ2) is 40.6. The van der Waals surface area contributed by atoms with Crippen molar-refractivity contribution in [2.75, 3.05) is 40.9 Å². The average molecular weight is 829 g/mol. The average Bonchev–Trinajstić information content (AvgIpc) is 3.16. The number of nitrogens with zero attached hydrogens (tertiary/aromatic N) is 1. The Morgan fingerprint density at radius 2 is 0.965 bits per heavy atom. The maximum absolute atomic E-state index is 12.9. The molecule has 0 spiro atoms. The van der Waals surface area contributed by atoms with Crippen LogP contribution in [-0.4, -0.2) is 68.5 Å². The molecule has 0 bridgehead atoms. The summed E-state index contributed by atoms with van der Waals surface area (Å²) in [5.41, 5.74) is 0. The van der Waals surface area contributed by atoms with Crippen molar-refractivity contribution in [2.45, 2.75) is 251 Å². The van der Waals surface area contributed by atoms with E-state index in [1.807, 2.05) is 21.1 Å². The minimum Gasteiger partial charge on any atom is -0.756 e. The Morgan fingerprint density at radius 3 is 1.40 bits per heavy atom. The second-order valence-electron chi connectivity index (χ2n) is 18.2. The fraction of sp³-hybridized carbons (Fsp3) is 0.938. The van der Waals surface area contributed by atoms with E-state index in [-0.39, 0.29) is 19.1 Å². The summed E-state index contributed by atoms with van der Waals surface area (Å²) < 4.78 is 23.3. The number of carbonyl (C=O) groups excluding carboxylic acids is 1. The van der Waals surface area contributed by atoms with E-state index < -0.39 is 20.0 Å². The van der Waals surface area contributed by atoms with Crippen molar-refractivity contribution in [1.82, 2.24) is 5.32 Å². The number of phosphoric ester groups is 1. The molecule has 0 aromatic carbocycles. The smallest absolute Gasteiger partial charge is 0.268 e. The van der Waals surface area contributed by atoms with E-state index in [1.54, 1.807) is 0 Å². The minimum absolute atomic E-state index is 0.0125. The summed E-state index contributed by atoms with van der Waals surface area (Å²) in [5.74, 6) is -0.173. The van der Waals surface area contributed by atoms with Crippen LogP contribution in [0.1, 0.15) is 239 Å². The summed E-state index contributed by atoms with van der Waals surface area (Å²) in [6.07, 6.45) is 46.5. The van der Waals surface area contributed by atoms with Gasteiger partial charge in [0.1, 0.15) is 13.2 Å². The Labute approximate surface area is 354 Å². The molecule has 0 saturated carbocycles. The monoisotopic (exact) mass is 829 g/mol. The number of aliphatic hydroxyl groups is 1. The van der Waals surface area contributed by atoms with Gasteiger partial charge in [0.05, 0.1) is 39.9 Å². The highest BCUT2D eigenvalue weighted by Crippen LogP contribution is 2.38. The van der Waals surface area contributed by atoms with Crippen molar-refractivity contribution in [2.24, 2.45) is 0 Å². The molecule has 0 saturated heterocycles. The van der Waals surface area contributed by atoms with Gasteiger partial charge < -0.3 is 28.8 Å². The molecular formula is C48H97N2O6P. The Balaban J connectivity index is 4.19. The van der Waals surface area contributed by atoms with E-state index >= 15 is 0 Å². The maximum atomic E-state index is 12.9. The van der Waals surface area contributed by atoms with Gasteiger partial charge in [0, 0.05) is 6.42 Å². The molecule has 340 valence electrons. The summed E-state index contributed by atoms with van der Waals surface area (Å²) in [5, 5.41) is 13.9. The van der Waals surface area contributed by atoms with Gasteiger partial charge in [-0.1, -0.05) is 206 Å². The van der Waals surface area contributed by atoms with Gasteiger partial charge in [-0.3, -0.25) is 9.36 Å².